The lowest BCUT2D eigenvalue weighted by Crippen LogP contribution is -2.30. The number of benzene rings is 2. The Morgan fingerprint density at radius 2 is 1.14 bits per heavy atom. The van der Waals surface area contributed by atoms with Gasteiger partial charge in [-0.05, 0) is 24.1 Å². The fourth-order valence-corrected chi connectivity index (χ4v) is 3.39. The highest BCUT2D eigenvalue weighted by molar-refractivity contribution is 7.80. The quantitative estimate of drug-likeness (QED) is 0.645. The minimum absolute atomic E-state index is 0.449. The van der Waals surface area contributed by atoms with Crippen LogP contribution in [0.2, 0.25) is 0 Å². The minimum Gasteiger partial charge on any atom is -0.302 e. The SMILES string of the molecule is SCCN(CCS)CCC(c1ccccc1)c1ccccc1. The molecule has 0 atom stereocenters. The molecule has 0 aliphatic rings. The van der Waals surface area contributed by atoms with E-state index in [1.165, 1.54) is 11.1 Å². The van der Waals surface area contributed by atoms with Crippen LogP contribution in [0, 0.1) is 0 Å². The van der Waals surface area contributed by atoms with E-state index in [9.17, 15) is 0 Å². The summed E-state index contributed by atoms with van der Waals surface area (Å²) in [5.74, 6) is 2.24. The van der Waals surface area contributed by atoms with Crippen LogP contribution in [0.4, 0.5) is 0 Å². The first-order valence-corrected chi connectivity index (χ1v) is 9.15. The predicted octanol–water partition coefficient (Wildman–Crippen LogP) is 4.37. The van der Waals surface area contributed by atoms with Gasteiger partial charge in [0.15, 0.2) is 0 Å². The van der Waals surface area contributed by atoms with Gasteiger partial charge in [-0.15, -0.1) is 0 Å². The summed E-state index contributed by atoms with van der Waals surface area (Å²) in [6.45, 7) is 3.13. The van der Waals surface area contributed by atoms with Crippen molar-refractivity contribution in [3.8, 4) is 0 Å². The highest BCUT2D eigenvalue weighted by atomic mass is 32.1. The second kappa shape index (κ2) is 9.98. The first-order valence-electron chi connectivity index (χ1n) is 7.89. The molecule has 22 heavy (non-hydrogen) atoms. The maximum Gasteiger partial charge on any atom is 0.0101 e. The average molecular weight is 332 g/mol. The Kier molecular flexibility index (Phi) is 7.92. The molecule has 0 N–H and O–H groups in total. The third-order valence-electron chi connectivity index (χ3n) is 3.97. The van der Waals surface area contributed by atoms with Crippen LogP contribution in [0.15, 0.2) is 60.7 Å². The topological polar surface area (TPSA) is 3.24 Å². The molecule has 0 aromatic heterocycles. The van der Waals surface area contributed by atoms with Gasteiger partial charge in [0.2, 0.25) is 0 Å². The molecule has 0 aliphatic carbocycles. The first kappa shape index (κ1) is 17.5. The summed E-state index contributed by atoms with van der Waals surface area (Å²) >= 11 is 8.74. The van der Waals surface area contributed by atoms with Gasteiger partial charge in [0, 0.05) is 30.5 Å². The largest absolute Gasteiger partial charge is 0.302 e. The number of nitrogens with zero attached hydrogens (tertiary/aromatic N) is 1. The Morgan fingerprint density at radius 3 is 1.55 bits per heavy atom. The lowest BCUT2D eigenvalue weighted by Gasteiger charge is -2.25. The highest BCUT2D eigenvalue weighted by Crippen LogP contribution is 2.28. The Morgan fingerprint density at radius 1 is 0.682 bits per heavy atom. The molecule has 1 nitrogen and oxygen atoms in total. The van der Waals surface area contributed by atoms with Crippen LogP contribution in [-0.4, -0.2) is 36.0 Å². The number of hydrogen-bond acceptors (Lipinski definition) is 3. The van der Waals surface area contributed by atoms with Gasteiger partial charge in [0.25, 0.3) is 0 Å². The molecule has 0 unspecified atom stereocenters. The molecule has 0 saturated heterocycles. The molecule has 0 fully saturated rings. The lowest BCUT2D eigenvalue weighted by molar-refractivity contribution is 0.300. The van der Waals surface area contributed by atoms with Gasteiger partial charge in [-0.2, -0.15) is 25.3 Å². The van der Waals surface area contributed by atoms with E-state index >= 15 is 0 Å². The van der Waals surface area contributed by atoms with E-state index in [1.807, 2.05) is 0 Å². The molecule has 0 heterocycles. The zero-order valence-electron chi connectivity index (χ0n) is 12.9. The lowest BCUT2D eigenvalue weighted by atomic mass is 9.88. The van der Waals surface area contributed by atoms with Crippen LogP contribution in [-0.2, 0) is 0 Å². The molecule has 2 aromatic rings. The van der Waals surface area contributed by atoms with Gasteiger partial charge < -0.3 is 4.90 Å². The summed E-state index contributed by atoms with van der Waals surface area (Å²) in [6, 6.07) is 21.6. The molecule has 3 heteroatoms. The Balaban J connectivity index is 2.12. The molecule has 0 bridgehead atoms. The Labute approximate surface area is 145 Å². The number of thiol groups is 2. The van der Waals surface area contributed by atoms with Crippen LogP contribution in [0.3, 0.4) is 0 Å². The van der Waals surface area contributed by atoms with Gasteiger partial charge in [-0.1, -0.05) is 60.7 Å². The van der Waals surface area contributed by atoms with E-state index in [4.69, 9.17) is 0 Å². The predicted molar refractivity (Wildman–Crippen MR) is 103 cm³/mol. The molecule has 0 aliphatic heterocycles. The molecule has 0 saturated carbocycles. The van der Waals surface area contributed by atoms with Crippen molar-refractivity contribution >= 4 is 25.3 Å². The minimum atomic E-state index is 0.449. The Hall–Kier alpha value is -0.900. The van der Waals surface area contributed by atoms with E-state index < -0.39 is 0 Å². The second-order valence-electron chi connectivity index (χ2n) is 5.45. The normalized spacial score (nSPS) is 11.3. The number of hydrogen-bond donors (Lipinski definition) is 2. The third-order valence-corrected chi connectivity index (χ3v) is 4.37. The summed E-state index contributed by atoms with van der Waals surface area (Å²) in [6.07, 6.45) is 1.12. The van der Waals surface area contributed by atoms with Gasteiger partial charge >= 0.3 is 0 Å². The maximum atomic E-state index is 4.37. The first-order chi connectivity index (χ1) is 10.8. The fraction of sp³-hybridized carbons (Fsp3) is 0.368. The van der Waals surface area contributed by atoms with Crippen LogP contribution in [0.1, 0.15) is 23.5 Å². The monoisotopic (exact) mass is 331 g/mol. The van der Waals surface area contributed by atoms with Crippen molar-refractivity contribution in [1.29, 1.82) is 0 Å². The average Bonchev–Trinajstić information content (AvgIpc) is 2.57. The van der Waals surface area contributed by atoms with Crippen LogP contribution in [0.25, 0.3) is 0 Å². The summed E-state index contributed by atoms with van der Waals surface area (Å²) in [4.78, 5) is 2.46. The molecule has 0 amide bonds. The molecular weight excluding hydrogens is 306 g/mol. The van der Waals surface area contributed by atoms with E-state index in [2.05, 4.69) is 90.8 Å². The summed E-state index contributed by atoms with van der Waals surface area (Å²) in [5, 5.41) is 0. The van der Waals surface area contributed by atoms with Crippen molar-refractivity contribution in [2.45, 2.75) is 12.3 Å². The van der Waals surface area contributed by atoms with Gasteiger partial charge in [0.05, 0.1) is 0 Å². The Bertz CT molecular complexity index is 470. The summed E-state index contributed by atoms with van der Waals surface area (Å²) in [7, 11) is 0. The van der Waals surface area contributed by atoms with Crippen molar-refractivity contribution in [1.82, 2.24) is 4.90 Å². The molecule has 2 aromatic carbocycles. The molecule has 2 rings (SSSR count). The van der Waals surface area contributed by atoms with Crippen LogP contribution >= 0.6 is 25.3 Å². The maximum absolute atomic E-state index is 4.37. The van der Waals surface area contributed by atoms with Crippen LogP contribution in [0.5, 0.6) is 0 Å². The molecular formula is C19H25NS2. The molecule has 0 spiro atoms. The second-order valence-corrected chi connectivity index (χ2v) is 6.35. The van der Waals surface area contributed by atoms with Crippen LogP contribution < -0.4 is 0 Å². The van der Waals surface area contributed by atoms with Crippen molar-refractivity contribution in [3.05, 3.63) is 71.8 Å². The molecule has 0 radical (unpaired) electrons. The van der Waals surface area contributed by atoms with Crippen molar-refractivity contribution < 1.29 is 0 Å². The van der Waals surface area contributed by atoms with E-state index in [0.717, 1.165) is 37.6 Å². The van der Waals surface area contributed by atoms with Crippen molar-refractivity contribution in [2.24, 2.45) is 0 Å². The van der Waals surface area contributed by atoms with Gasteiger partial charge in [0.1, 0.15) is 0 Å². The van der Waals surface area contributed by atoms with E-state index in [1.54, 1.807) is 0 Å². The van der Waals surface area contributed by atoms with Gasteiger partial charge in [-0.3, -0.25) is 0 Å². The summed E-state index contributed by atoms with van der Waals surface area (Å²) < 4.78 is 0. The smallest absolute Gasteiger partial charge is 0.0101 e. The zero-order chi connectivity index (χ0) is 15.6. The van der Waals surface area contributed by atoms with Gasteiger partial charge in [-0.25, -0.2) is 0 Å². The van der Waals surface area contributed by atoms with Crippen molar-refractivity contribution in [3.63, 3.8) is 0 Å². The zero-order valence-corrected chi connectivity index (χ0v) is 14.7. The number of rotatable bonds is 9. The van der Waals surface area contributed by atoms with Crippen molar-refractivity contribution in [2.75, 3.05) is 31.1 Å². The van der Waals surface area contributed by atoms with E-state index in [0.29, 0.717) is 5.92 Å². The highest BCUT2D eigenvalue weighted by Gasteiger charge is 2.15. The fourth-order valence-electron chi connectivity index (χ4n) is 2.83. The third kappa shape index (κ3) is 5.38. The van der Waals surface area contributed by atoms with E-state index in [-0.39, 0.29) is 0 Å². The standard InChI is InChI=1S/C19H25NS2/c21-15-13-20(14-16-22)12-11-19(17-7-3-1-4-8-17)18-9-5-2-6-10-18/h1-10,19,21-22H,11-16H2. The molecule has 118 valence electrons. The summed E-state index contributed by atoms with van der Waals surface area (Å²) in [5.41, 5.74) is 2.79.